The van der Waals surface area contributed by atoms with Gasteiger partial charge in [-0.3, -0.25) is 4.99 Å². The number of aryl methyl sites for hydroxylation is 2. The summed E-state index contributed by atoms with van der Waals surface area (Å²) in [6.07, 6.45) is 11.2. The monoisotopic (exact) mass is 490 g/mol. The van der Waals surface area contributed by atoms with Crippen LogP contribution in [0.4, 0.5) is 0 Å². The zero-order chi connectivity index (χ0) is 18.2. The van der Waals surface area contributed by atoms with E-state index in [0.717, 1.165) is 56.6 Å². The maximum absolute atomic E-state index is 6.04. The Kier molecular flexibility index (Phi) is 9.81. The number of hydrogen-bond donors (Lipinski definition) is 2. The van der Waals surface area contributed by atoms with Crippen LogP contribution in [-0.4, -0.2) is 53.1 Å². The molecular formula is C19H35IN6O. The Morgan fingerprint density at radius 1 is 1.22 bits per heavy atom. The van der Waals surface area contributed by atoms with Crippen LogP contribution in [0.3, 0.4) is 0 Å². The second-order valence-electron chi connectivity index (χ2n) is 7.34. The van der Waals surface area contributed by atoms with Gasteiger partial charge < -0.3 is 15.4 Å². The fraction of sp³-hybridized carbons (Fsp3) is 0.842. The summed E-state index contributed by atoms with van der Waals surface area (Å²) in [5.41, 5.74) is 0. The highest BCUT2D eigenvalue weighted by atomic mass is 127. The normalized spacial score (nSPS) is 21.1. The summed E-state index contributed by atoms with van der Waals surface area (Å²) in [6.45, 7) is 4.47. The van der Waals surface area contributed by atoms with E-state index in [1.165, 1.54) is 38.5 Å². The molecule has 0 saturated heterocycles. The maximum atomic E-state index is 6.04. The lowest BCUT2D eigenvalue weighted by Gasteiger charge is -2.25. The van der Waals surface area contributed by atoms with Crippen LogP contribution in [0.2, 0.25) is 0 Å². The average Bonchev–Trinajstić information content (AvgIpc) is 2.90. The van der Waals surface area contributed by atoms with Crippen LogP contribution < -0.4 is 10.6 Å². The van der Waals surface area contributed by atoms with E-state index in [-0.39, 0.29) is 24.0 Å². The predicted molar refractivity (Wildman–Crippen MR) is 119 cm³/mol. The number of nitrogens with zero attached hydrogens (tertiary/aromatic N) is 4. The van der Waals surface area contributed by atoms with Gasteiger partial charge in [-0.2, -0.15) is 5.10 Å². The van der Waals surface area contributed by atoms with E-state index in [9.17, 15) is 0 Å². The Bertz CT molecular complexity index is 583. The molecule has 7 nitrogen and oxygen atoms in total. The molecule has 27 heavy (non-hydrogen) atoms. The van der Waals surface area contributed by atoms with Crippen LogP contribution in [0.1, 0.15) is 63.5 Å². The Morgan fingerprint density at radius 3 is 2.70 bits per heavy atom. The van der Waals surface area contributed by atoms with Gasteiger partial charge in [0, 0.05) is 32.5 Å². The minimum Gasteiger partial charge on any atom is -0.376 e. The third-order valence-electron chi connectivity index (χ3n) is 5.33. The molecule has 1 aromatic heterocycles. The van der Waals surface area contributed by atoms with E-state index < -0.39 is 0 Å². The van der Waals surface area contributed by atoms with Gasteiger partial charge in [0.25, 0.3) is 0 Å². The number of halogens is 1. The van der Waals surface area contributed by atoms with Gasteiger partial charge in [-0.15, -0.1) is 24.0 Å². The summed E-state index contributed by atoms with van der Waals surface area (Å²) in [4.78, 5) is 8.93. The van der Waals surface area contributed by atoms with Crippen LogP contribution in [0.15, 0.2) is 4.99 Å². The van der Waals surface area contributed by atoms with Gasteiger partial charge in [-0.1, -0.05) is 32.6 Å². The third kappa shape index (κ3) is 6.89. The highest BCUT2D eigenvalue weighted by molar-refractivity contribution is 14.0. The molecule has 1 aromatic rings. The first kappa shape index (κ1) is 22.4. The van der Waals surface area contributed by atoms with Gasteiger partial charge in [0.05, 0.1) is 19.3 Å². The summed E-state index contributed by atoms with van der Waals surface area (Å²) >= 11 is 0. The number of guanidine groups is 1. The molecule has 0 radical (unpaired) electrons. The lowest BCUT2D eigenvalue weighted by molar-refractivity contribution is 0.0467. The summed E-state index contributed by atoms with van der Waals surface area (Å²) in [5.74, 6) is 2.90. The van der Waals surface area contributed by atoms with Gasteiger partial charge in [0.1, 0.15) is 5.82 Å². The average molecular weight is 490 g/mol. The fourth-order valence-corrected chi connectivity index (χ4v) is 3.82. The number of aliphatic imine (C=N–C) groups is 1. The first-order chi connectivity index (χ1) is 12.8. The molecular weight excluding hydrogens is 455 g/mol. The van der Waals surface area contributed by atoms with Crippen LogP contribution in [0, 0.1) is 0 Å². The lowest BCUT2D eigenvalue weighted by Crippen LogP contribution is -2.47. The van der Waals surface area contributed by atoms with Crippen molar-refractivity contribution in [1.29, 1.82) is 0 Å². The van der Waals surface area contributed by atoms with Gasteiger partial charge in [-0.25, -0.2) is 9.67 Å². The van der Waals surface area contributed by atoms with Crippen LogP contribution in [0.25, 0.3) is 0 Å². The summed E-state index contributed by atoms with van der Waals surface area (Å²) in [5, 5.41) is 11.5. The molecule has 1 fully saturated rings. The fourth-order valence-electron chi connectivity index (χ4n) is 3.82. The van der Waals surface area contributed by atoms with Gasteiger partial charge in [-0.05, 0) is 19.3 Å². The maximum Gasteiger partial charge on any atom is 0.191 e. The Balaban J connectivity index is 0.00000261. The number of aromatic nitrogens is 3. The number of fused-ring (bicyclic) bond motifs is 1. The van der Waals surface area contributed by atoms with Crippen molar-refractivity contribution < 1.29 is 4.74 Å². The van der Waals surface area contributed by atoms with Gasteiger partial charge in [0.2, 0.25) is 0 Å². The predicted octanol–water partition coefficient (Wildman–Crippen LogP) is 2.68. The molecule has 0 bridgehead atoms. The van der Waals surface area contributed by atoms with Gasteiger partial charge >= 0.3 is 0 Å². The number of ether oxygens (including phenoxy) is 1. The molecule has 2 heterocycles. The molecule has 3 rings (SSSR count). The second kappa shape index (κ2) is 11.8. The molecule has 1 aliphatic carbocycles. The first-order valence-corrected chi connectivity index (χ1v) is 10.3. The Hall–Kier alpha value is -0.900. The number of hydrogen-bond acceptors (Lipinski definition) is 4. The summed E-state index contributed by atoms with van der Waals surface area (Å²) in [6, 6.07) is 0.336. The second-order valence-corrected chi connectivity index (χ2v) is 7.34. The highest BCUT2D eigenvalue weighted by Crippen LogP contribution is 2.19. The van der Waals surface area contributed by atoms with E-state index in [0.29, 0.717) is 12.1 Å². The van der Waals surface area contributed by atoms with Crippen LogP contribution in [-0.2, 0) is 24.1 Å². The van der Waals surface area contributed by atoms with Crippen LogP contribution >= 0.6 is 24.0 Å². The number of nitrogens with one attached hydrogen (secondary N) is 2. The third-order valence-corrected chi connectivity index (χ3v) is 5.33. The zero-order valence-electron chi connectivity index (χ0n) is 16.7. The van der Waals surface area contributed by atoms with E-state index in [1.807, 2.05) is 11.7 Å². The molecule has 0 spiro atoms. The van der Waals surface area contributed by atoms with Crippen molar-refractivity contribution in [2.45, 2.75) is 83.4 Å². The molecule has 1 unspecified atom stereocenters. The molecule has 1 atom stereocenters. The molecule has 2 aliphatic rings. The number of rotatable bonds is 6. The quantitative estimate of drug-likeness (QED) is 0.211. The molecule has 1 aliphatic heterocycles. The Labute approximate surface area is 180 Å². The van der Waals surface area contributed by atoms with E-state index >= 15 is 0 Å². The molecule has 8 heteroatoms. The van der Waals surface area contributed by atoms with E-state index in [2.05, 4.69) is 32.6 Å². The van der Waals surface area contributed by atoms with Crippen molar-refractivity contribution in [1.82, 2.24) is 25.4 Å². The molecule has 2 N–H and O–H groups in total. The minimum absolute atomic E-state index is 0. The van der Waals surface area contributed by atoms with Crippen molar-refractivity contribution in [3.8, 4) is 0 Å². The largest absolute Gasteiger partial charge is 0.376 e. The topological polar surface area (TPSA) is 76.4 Å². The zero-order valence-corrected chi connectivity index (χ0v) is 19.1. The molecule has 0 aromatic carbocycles. The molecule has 0 amide bonds. The molecule has 154 valence electrons. The van der Waals surface area contributed by atoms with E-state index in [4.69, 9.17) is 4.74 Å². The Morgan fingerprint density at radius 2 is 2.00 bits per heavy atom. The summed E-state index contributed by atoms with van der Waals surface area (Å²) in [7, 11) is 1.82. The van der Waals surface area contributed by atoms with Crippen molar-refractivity contribution in [2.24, 2.45) is 4.99 Å². The SMILES string of the molecule is CCc1nc2n(n1)CC(NC(=NC)NCCOC1CCCCCC1)CC2.I. The van der Waals surface area contributed by atoms with Crippen molar-refractivity contribution in [3.05, 3.63) is 11.6 Å². The first-order valence-electron chi connectivity index (χ1n) is 10.3. The minimum atomic E-state index is 0. The summed E-state index contributed by atoms with van der Waals surface area (Å²) < 4.78 is 8.09. The smallest absolute Gasteiger partial charge is 0.191 e. The van der Waals surface area contributed by atoms with Gasteiger partial charge in [0.15, 0.2) is 11.8 Å². The van der Waals surface area contributed by atoms with Crippen molar-refractivity contribution in [3.63, 3.8) is 0 Å². The van der Waals surface area contributed by atoms with Crippen LogP contribution in [0.5, 0.6) is 0 Å². The lowest BCUT2D eigenvalue weighted by atomic mass is 10.1. The van der Waals surface area contributed by atoms with E-state index in [1.54, 1.807) is 0 Å². The standard InChI is InChI=1S/C19H34N6O.HI/c1-3-17-23-18-11-10-15(14-25(18)24-17)22-19(20-2)21-12-13-26-16-8-6-4-5-7-9-16;/h15-16H,3-14H2,1-2H3,(H2,20,21,22);1H. The highest BCUT2D eigenvalue weighted by Gasteiger charge is 2.22. The van der Waals surface area contributed by atoms with Crippen molar-refractivity contribution in [2.75, 3.05) is 20.2 Å². The van der Waals surface area contributed by atoms with Crippen molar-refractivity contribution >= 4 is 29.9 Å². The molecule has 1 saturated carbocycles.